The number of hydrogen-bond donors (Lipinski definition) is 1. The molecule has 0 saturated heterocycles. The predicted octanol–water partition coefficient (Wildman–Crippen LogP) is 8.32. The van der Waals surface area contributed by atoms with Gasteiger partial charge in [-0.3, -0.25) is 0 Å². The van der Waals surface area contributed by atoms with Crippen LogP contribution in [0.5, 0.6) is 28.7 Å². The molecule has 0 bridgehead atoms. The smallest absolute Gasteiger partial charge is 0.343 e. The molecule has 0 saturated carbocycles. The van der Waals surface area contributed by atoms with E-state index in [2.05, 4.69) is 13.0 Å². The summed E-state index contributed by atoms with van der Waals surface area (Å²) in [4.78, 5) is 12.9. The third-order valence-corrected chi connectivity index (χ3v) is 7.67. The first-order chi connectivity index (χ1) is 22.4. The molecule has 0 aliphatic carbocycles. The fourth-order valence-electron chi connectivity index (χ4n) is 5.07. The van der Waals surface area contributed by atoms with Gasteiger partial charge >= 0.3 is 5.97 Å². The van der Waals surface area contributed by atoms with Gasteiger partial charge in [0.25, 0.3) is 0 Å². The zero-order valence-corrected chi connectivity index (χ0v) is 26.5. The van der Waals surface area contributed by atoms with Gasteiger partial charge in [0.2, 0.25) is 5.88 Å². The van der Waals surface area contributed by atoms with E-state index in [-0.39, 0.29) is 17.2 Å². The Bertz CT molecular complexity index is 1750. The number of ether oxygens (including phenoxy) is 5. The van der Waals surface area contributed by atoms with Crippen molar-refractivity contribution >= 4 is 17.6 Å². The lowest BCUT2D eigenvalue weighted by molar-refractivity contribution is 0.0734. The van der Waals surface area contributed by atoms with E-state index < -0.39 is 11.9 Å². The number of nitrogens with zero attached hydrogens (tertiary/aromatic N) is 1. The maximum Gasteiger partial charge on any atom is 0.343 e. The van der Waals surface area contributed by atoms with Gasteiger partial charge < -0.3 is 29.4 Å². The summed E-state index contributed by atoms with van der Waals surface area (Å²) in [6.07, 6.45) is 3.21. The molecule has 0 aromatic heterocycles. The number of nitriles is 1. The van der Waals surface area contributed by atoms with Crippen molar-refractivity contribution in [3.63, 3.8) is 0 Å². The number of carbonyl (C=O) groups is 1. The van der Waals surface area contributed by atoms with Crippen LogP contribution in [0, 0.1) is 11.3 Å². The van der Waals surface area contributed by atoms with Gasteiger partial charge in [-0.05, 0) is 79.1 Å². The van der Waals surface area contributed by atoms with Gasteiger partial charge in [0.1, 0.15) is 35.5 Å². The van der Waals surface area contributed by atoms with E-state index in [1.165, 1.54) is 0 Å². The van der Waals surface area contributed by atoms with E-state index in [0.29, 0.717) is 59.0 Å². The first-order valence-electron chi connectivity index (χ1n) is 15.2. The highest BCUT2D eigenvalue weighted by Gasteiger charge is 2.32. The summed E-state index contributed by atoms with van der Waals surface area (Å²) in [5.74, 6) is 1.33. The number of halogens is 1. The zero-order chi connectivity index (χ0) is 32.5. The lowest BCUT2D eigenvalue weighted by atomic mass is 9.83. The van der Waals surface area contributed by atoms with Crippen LogP contribution < -0.4 is 29.4 Å². The lowest BCUT2D eigenvalue weighted by Crippen LogP contribution is -2.21. The molecule has 1 aliphatic rings. The van der Waals surface area contributed by atoms with Crippen LogP contribution in [0.1, 0.15) is 66.1 Å². The predicted molar refractivity (Wildman–Crippen MR) is 176 cm³/mol. The van der Waals surface area contributed by atoms with Crippen LogP contribution in [-0.2, 0) is 6.61 Å². The number of rotatable bonds is 13. The van der Waals surface area contributed by atoms with Crippen LogP contribution >= 0.6 is 11.6 Å². The summed E-state index contributed by atoms with van der Waals surface area (Å²) in [6, 6.07) is 27.0. The van der Waals surface area contributed by atoms with Crippen molar-refractivity contribution in [3.8, 4) is 34.8 Å². The average molecular weight is 639 g/mol. The Hall–Kier alpha value is -5.13. The number of allylic oxidation sites excluding steroid dienone is 1. The van der Waals surface area contributed by atoms with Crippen molar-refractivity contribution in [1.82, 2.24) is 0 Å². The van der Waals surface area contributed by atoms with Crippen LogP contribution in [0.4, 0.5) is 0 Å². The third-order valence-electron chi connectivity index (χ3n) is 7.42. The van der Waals surface area contributed by atoms with Crippen LogP contribution in [0.15, 0.2) is 96.4 Å². The summed E-state index contributed by atoms with van der Waals surface area (Å²) in [7, 11) is 0. The molecule has 1 unspecified atom stereocenters. The maximum absolute atomic E-state index is 12.9. The molecule has 1 aliphatic heterocycles. The second-order valence-corrected chi connectivity index (χ2v) is 11.1. The van der Waals surface area contributed by atoms with Crippen molar-refractivity contribution < 1.29 is 28.5 Å². The number of benzene rings is 4. The van der Waals surface area contributed by atoms with Crippen LogP contribution in [0.25, 0.3) is 0 Å². The van der Waals surface area contributed by atoms with E-state index in [9.17, 15) is 10.1 Å². The highest BCUT2D eigenvalue weighted by Crippen LogP contribution is 2.45. The quantitative estimate of drug-likeness (QED) is 0.0883. The van der Waals surface area contributed by atoms with Gasteiger partial charge in [0.15, 0.2) is 11.5 Å². The molecular formula is C37H35ClN2O6. The van der Waals surface area contributed by atoms with E-state index in [0.717, 1.165) is 30.4 Å². The molecule has 0 radical (unpaired) electrons. The Kier molecular flexibility index (Phi) is 10.7. The molecule has 4 aromatic carbocycles. The zero-order valence-electron chi connectivity index (χ0n) is 25.8. The monoisotopic (exact) mass is 638 g/mol. The molecule has 1 heterocycles. The molecular weight excluding hydrogens is 604 g/mol. The van der Waals surface area contributed by atoms with Gasteiger partial charge in [-0.1, -0.05) is 55.6 Å². The molecule has 5 rings (SSSR count). The van der Waals surface area contributed by atoms with E-state index in [4.69, 9.17) is 41.0 Å². The van der Waals surface area contributed by atoms with Crippen LogP contribution in [0.3, 0.4) is 0 Å². The first kappa shape index (κ1) is 32.3. The van der Waals surface area contributed by atoms with Gasteiger partial charge in [-0.15, -0.1) is 0 Å². The molecule has 4 aromatic rings. The molecule has 8 nitrogen and oxygen atoms in total. The van der Waals surface area contributed by atoms with Gasteiger partial charge in [-0.2, -0.15) is 5.26 Å². The topological polar surface area (TPSA) is 113 Å². The normalized spacial score (nSPS) is 13.7. The lowest BCUT2D eigenvalue weighted by Gasteiger charge is -2.27. The largest absolute Gasteiger partial charge is 0.494 e. The number of unbranched alkanes of at least 4 members (excludes halogenated alkanes) is 2. The van der Waals surface area contributed by atoms with E-state index in [1.54, 1.807) is 42.5 Å². The van der Waals surface area contributed by atoms with Gasteiger partial charge in [0, 0.05) is 16.7 Å². The maximum atomic E-state index is 12.9. The third kappa shape index (κ3) is 7.74. The molecule has 9 heteroatoms. The Balaban J connectivity index is 1.35. The highest BCUT2D eigenvalue weighted by molar-refractivity contribution is 6.30. The molecule has 1 atom stereocenters. The number of esters is 1. The van der Waals surface area contributed by atoms with Crippen molar-refractivity contribution in [1.29, 1.82) is 5.26 Å². The van der Waals surface area contributed by atoms with Crippen LogP contribution in [0.2, 0.25) is 5.02 Å². The molecule has 0 fully saturated rings. The number of fused-ring (bicyclic) bond motifs is 1. The van der Waals surface area contributed by atoms with Gasteiger partial charge in [-0.25, -0.2) is 4.79 Å². The number of carbonyl (C=O) groups excluding carboxylic acids is 1. The Labute approximate surface area is 273 Å². The van der Waals surface area contributed by atoms with Crippen molar-refractivity contribution in [2.75, 3.05) is 13.2 Å². The molecule has 2 N–H and O–H groups in total. The van der Waals surface area contributed by atoms with Crippen LogP contribution in [-0.4, -0.2) is 19.2 Å². The molecule has 46 heavy (non-hydrogen) atoms. The fourth-order valence-corrected chi connectivity index (χ4v) is 5.20. The molecule has 0 amide bonds. The summed E-state index contributed by atoms with van der Waals surface area (Å²) in [6.45, 7) is 5.40. The summed E-state index contributed by atoms with van der Waals surface area (Å²) < 4.78 is 29.2. The first-order valence-corrected chi connectivity index (χ1v) is 15.6. The summed E-state index contributed by atoms with van der Waals surface area (Å²) in [5.41, 5.74) is 9.28. The molecule has 0 spiro atoms. The fraction of sp³-hybridized carbons (Fsp3) is 0.243. The summed E-state index contributed by atoms with van der Waals surface area (Å²) >= 11 is 6.01. The molecule has 236 valence electrons. The second kappa shape index (κ2) is 15.2. The number of nitrogens with two attached hydrogens (primary N) is 1. The Morgan fingerprint density at radius 3 is 2.37 bits per heavy atom. The summed E-state index contributed by atoms with van der Waals surface area (Å²) in [5, 5.41) is 10.7. The minimum Gasteiger partial charge on any atom is -0.494 e. The van der Waals surface area contributed by atoms with E-state index >= 15 is 0 Å². The highest BCUT2D eigenvalue weighted by atomic mass is 35.5. The van der Waals surface area contributed by atoms with Gasteiger partial charge in [0.05, 0.1) is 24.7 Å². The van der Waals surface area contributed by atoms with Crippen molar-refractivity contribution in [2.45, 2.75) is 45.6 Å². The van der Waals surface area contributed by atoms with Crippen molar-refractivity contribution in [2.24, 2.45) is 5.73 Å². The number of hydrogen-bond acceptors (Lipinski definition) is 8. The minimum atomic E-state index is -0.548. The SMILES string of the molecule is CCCCCOc1ccc(C(=O)Oc2ccc3c(c2)OC(N)=C(C#N)C3c2ccc(OCc3ccc(Cl)cc3)c(OCC)c2)cc1. The van der Waals surface area contributed by atoms with E-state index in [1.807, 2.05) is 49.4 Å². The second-order valence-electron chi connectivity index (χ2n) is 10.6. The van der Waals surface area contributed by atoms with Crippen molar-refractivity contribution in [3.05, 3.63) is 124 Å². The minimum absolute atomic E-state index is 0.0287. The Morgan fingerprint density at radius 2 is 1.65 bits per heavy atom. The standard InChI is InChI=1S/C37H35ClN2O6/c1-3-5-6-19-43-28-14-9-25(10-15-28)37(41)45-29-16-17-30-33(21-29)46-36(40)31(22-39)35(30)26-11-18-32(34(20-26)42-4-2)44-23-24-7-12-27(38)13-8-24/h7-18,20-21,35H,3-6,19,23,40H2,1-2H3. The Morgan fingerprint density at radius 1 is 0.891 bits per heavy atom. The average Bonchev–Trinajstić information content (AvgIpc) is 3.06.